The highest BCUT2D eigenvalue weighted by molar-refractivity contribution is 6.30. The third kappa shape index (κ3) is 6.46. The summed E-state index contributed by atoms with van der Waals surface area (Å²) >= 11 is 6.01. The number of anilines is 2. The van der Waals surface area contributed by atoms with E-state index in [0.29, 0.717) is 40.5 Å². The molecule has 4 rings (SSSR count). The molecule has 2 atom stereocenters. The molecule has 1 saturated heterocycles. The smallest absolute Gasteiger partial charge is 0.465 e. The molecule has 1 aromatic heterocycles. The third-order valence-electron chi connectivity index (χ3n) is 7.51. The number of alkyl halides is 3. The van der Waals surface area contributed by atoms with Crippen LogP contribution < -0.4 is 5.32 Å². The molecule has 0 spiro atoms. The number of nitrogens with zero attached hydrogens (tertiary/aromatic N) is 4. The SMILES string of the molecule is C[C@H](N(Cc1ccc2c(c1)nc(Nc1ccc(Cl)cc1)n2CC1CCCN1C(=O)C(F)(F)F)C(=O)O)C(C)(C)C. The average Bonchev–Trinajstić information content (AvgIpc) is 3.46. The van der Waals surface area contributed by atoms with E-state index >= 15 is 0 Å². The zero-order valence-electron chi connectivity index (χ0n) is 22.8. The number of hydrogen-bond acceptors (Lipinski definition) is 4. The fourth-order valence-electron chi connectivity index (χ4n) is 4.92. The Balaban J connectivity index is 1.71. The highest BCUT2D eigenvalue weighted by atomic mass is 35.5. The summed E-state index contributed by atoms with van der Waals surface area (Å²) in [6.07, 6.45) is -5.08. The van der Waals surface area contributed by atoms with Crippen molar-refractivity contribution in [3.8, 4) is 0 Å². The number of imidazole rings is 1. The maximum atomic E-state index is 13.3. The Kier molecular flexibility index (Phi) is 8.26. The first kappa shape index (κ1) is 29.5. The minimum atomic E-state index is -4.95. The zero-order valence-corrected chi connectivity index (χ0v) is 23.6. The number of halogens is 4. The van der Waals surface area contributed by atoms with Crippen molar-refractivity contribution >= 4 is 46.3 Å². The van der Waals surface area contributed by atoms with Crippen molar-refractivity contribution in [2.75, 3.05) is 11.9 Å². The number of rotatable bonds is 7. The number of amides is 2. The number of carboxylic acid groups (broad SMARTS) is 1. The Labute approximate surface area is 235 Å². The van der Waals surface area contributed by atoms with Crippen LogP contribution in [-0.4, -0.2) is 61.3 Å². The summed E-state index contributed by atoms with van der Waals surface area (Å²) in [7, 11) is 0. The first-order valence-electron chi connectivity index (χ1n) is 13.0. The number of hydrogen-bond donors (Lipinski definition) is 2. The van der Waals surface area contributed by atoms with Gasteiger partial charge in [-0.2, -0.15) is 13.2 Å². The standard InChI is InChI=1S/C28H33ClF3N5O3/c1-17(27(2,3)4)36(26(39)40)15-18-7-12-23-22(14-18)34-25(33-20-10-8-19(29)9-11-20)37(23)16-21-6-5-13-35(21)24(38)28(30,31)32/h7-12,14,17,21H,5-6,13,15-16H2,1-4H3,(H,33,34)(H,39,40)/t17-,21?/m0/s1. The van der Waals surface area contributed by atoms with E-state index in [9.17, 15) is 27.9 Å². The van der Waals surface area contributed by atoms with Crippen molar-refractivity contribution in [2.24, 2.45) is 5.41 Å². The molecule has 12 heteroatoms. The van der Waals surface area contributed by atoms with Crippen molar-refractivity contribution in [3.05, 3.63) is 53.1 Å². The maximum Gasteiger partial charge on any atom is 0.471 e. The van der Waals surface area contributed by atoms with Gasteiger partial charge in [-0.15, -0.1) is 0 Å². The van der Waals surface area contributed by atoms with Gasteiger partial charge in [0.2, 0.25) is 5.95 Å². The van der Waals surface area contributed by atoms with Crippen LogP contribution in [-0.2, 0) is 17.9 Å². The van der Waals surface area contributed by atoms with E-state index in [0.717, 1.165) is 10.5 Å². The number of carbonyl (C=O) groups is 2. The lowest BCUT2D eigenvalue weighted by molar-refractivity contribution is -0.186. The van der Waals surface area contributed by atoms with Gasteiger partial charge in [-0.05, 0) is 67.1 Å². The topological polar surface area (TPSA) is 90.7 Å². The fourth-order valence-corrected chi connectivity index (χ4v) is 5.04. The van der Waals surface area contributed by atoms with Crippen molar-refractivity contribution in [1.29, 1.82) is 0 Å². The van der Waals surface area contributed by atoms with Crippen LogP contribution in [0.4, 0.5) is 29.6 Å². The molecule has 1 fully saturated rings. The minimum Gasteiger partial charge on any atom is -0.465 e. The van der Waals surface area contributed by atoms with Gasteiger partial charge in [-0.3, -0.25) is 4.79 Å². The molecule has 2 aromatic carbocycles. The molecule has 0 bridgehead atoms. The Morgan fingerprint density at radius 1 is 1.18 bits per heavy atom. The lowest BCUT2D eigenvalue weighted by Gasteiger charge is -2.36. The van der Waals surface area contributed by atoms with E-state index in [2.05, 4.69) is 5.32 Å². The second kappa shape index (κ2) is 11.2. The van der Waals surface area contributed by atoms with Crippen molar-refractivity contribution in [1.82, 2.24) is 19.4 Å². The Bertz CT molecular complexity index is 1380. The number of aromatic nitrogens is 2. The number of likely N-dealkylation sites (tertiary alicyclic amines) is 1. The van der Waals surface area contributed by atoms with Crippen LogP contribution in [0.1, 0.15) is 46.1 Å². The number of nitrogens with one attached hydrogen (secondary N) is 1. The highest BCUT2D eigenvalue weighted by Gasteiger charge is 2.46. The van der Waals surface area contributed by atoms with E-state index in [-0.39, 0.29) is 31.1 Å². The van der Waals surface area contributed by atoms with Crippen LogP contribution in [0.5, 0.6) is 0 Å². The molecule has 40 heavy (non-hydrogen) atoms. The van der Waals surface area contributed by atoms with Crippen LogP contribution >= 0.6 is 11.6 Å². The van der Waals surface area contributed by atoms with Crippen molar-refractivity contribution in [2.45, 2.75) is 71.9 Å². The molecule has 1 aliphatic heterocycles. The summed E-state index contributed by atoms with van der Waals surface area (Å²) in [4.78, 5) is 31.2. The van der Waals surface area contributed by atoms with Gasteiger partial charge >= 0.3 is 18.2 Å². The number of carbonyl (C=O) groups excluding carboxylic acids is 1. The molecule has 8 nitrogen and oxygen atoms in total. The molecule has 1 unspecified atom stereocenters. The summed E-state index contributed by atoms with van der Waals surface area (Å²) in [5, 5.41) is 13.6. The first-order chi connectivity index (χ1) is 18.6. The Morgan fingerprint density at radius 2 is 1.85 bits per heavy atom. The highest BCUT2D eigenvalue weighted by Crippen LogP contribution is 2.31. The molecule has 2 amide bonds. The van der Waals surface area contributed by atoms with Gasteiger partial charge in [0.1, 0.15) is 0 Å². The summed E-state index contributed by atoms with van der Waals surface area (Å²) < 4.78 is 41.6. The molecule has 2 N–H and O–H groups in total. The van der Waals surface area contributed by atoms with Crippen LogP contribution in [0.3, 0.4) is 0 Å². The fraction of sp³-hybridized carbons (Fsp3) is 0.464. The molecule has 216 valence electrons. The van der Waals surface area contributed by atoms with E-state index in [1.807, 2.05) is 27.7 Å². The second-order valence-corrected chi connectivity index (χ2v) is 11.7. The monoisotopic (exact) mass is 579 g/mol. The van der Waals surface area contributed by atoms with Gasteiger partial charge in [-0.25, -0.2) is 9.78 Å². The van der Waals surface area contributed by atoms with Gasteiger partial charge in [0.15, 0.2) is 0 Å². The van der Waals surface area contributed by atoms with E-state index < -0.39 is 24.2 Å². The van der Waals surface area contributed by atoms with Crippen LogP contribution in [0.2, 0.25) is 5.02 Å². The average molecular weight is 580 g/mol. The van der Waals surface area contributed by atoms with Crippen LogP contribution in [0, 0.1) is 5.41 Å². The van der Waals surface area contributed by atoms with Gasteiger partial charge in [0, 0.05) is 36.4 Å². The molecule has 1 aliphatic rings. The Morgan fingerprint density at radius 3 is 2.45 bits per heavy atom. The first-order valence-corrected chi connectivity index (χ1v) is 13.4. The Hall–Kier alpha value is -3.47. The van der Waals surface area contributed by atoms with Gasteiger partial charge < -0.3 is 24.8 Å². The largest absolute Gasteiger partial charge is 0.471 e. The van der Waals surface area contributed by atoms with Gasteiger partial charge in [0.05, 0.1) is 17.1 Å². The molecule has 2 heterocycles. The predicted molar refractivity (Wildman–Crippen MR) is 148 cm³/mol. The van der Waals surface area contributed by atoms with Crippen LogP contribution in [0.15, 0.2) is 42.5 Å². The third-order valence-corrected chi connectivity index (χ3v) is 7.76. The quantitative estimate of drug-likeness (QED) is 0.318. The normalized spacial score (nSPS) is 16.8. The zero-order chi connectivity index (χ0) is 29.4. The van der Waals surface area contributed by atoms with Gasteiger partial charge in [0.25, 0.3) is 0 Å². The molecule has 3 aromatic rings. The van der Waals surface area contributed by atoms with E-state index in [1.165, 1.54) is 4.90 Å². The maximum absolute atomic E-state index is 13.3. The molecular formula is C28H33ClF3N5O3. The van der Waals surface area contributed by atoms with Crippen LogP contribution in [0.25, 0.3) is 11.0 Å². The lowest BCUT2D eigenvalue weighted by atomic mass is 9.87. The molecular weight excluding hydrogens is 547 g/mol. The van der Waals surface area contributed by atoms with Crippen molar-refractivity contribution in [3.63, 3.8) is 0 Å². The predicted octanol–water partition coefficient (Wildman–Crippen LogP) is 6.90. The second-order valence-electron chi connectivity index (χ2n) is 11.2. The summed E-state index contributed by atoms with van der Waals surface area (Å²) in [5.74, 6) is -1.45. The van der Waals surface area contributed by atoms with Gasteiger partial charge in [-0.1, -0.05) is 38.4 Å². The van der Waals surface area contributed by atoms with E-state index in [4.69, 9.17) is 16.6 Å². The lowest BCUT2D eigenvalue weighted by Crippen LogP contribution is -2.45. The number of benzene rings is 2. The molecule has 0 saturated carbocycles. The molecule has 0 radical (unpaired) electrons. The van der Waals surface area contributed by atoms with Crippen molar-refractivity contribution < 1.29 is 27.9 Å². The summed E-state index contributed by atoms with van der Waals surface area (Å²) in [6.45, 7) is 8.08. The summed E-state index contributed by atoms with van der Waals surface area (Å²) in [5.41, 5.74) is 2.32. The number of fused-ring (bicyclic) bond motifs is 1. The minimum absolute atomic E-state index is 0.0384. The van der Waals surface area contributed by atoms with E-state index in [1.54, 1.807) is 47.0 Å². The molecule has 0 aliphatic carbocycles. The summed E-state index contributed by atoms with van der Waals surface area (Å²) in [6, 6.07) is 11.4.